The molecule has 1 rings (SSSR count). The van der Waals surface area contributed by atoms with Gasteiger partial charge in [-0.05, 0) is 35.8 Å². The maximum Gasteiger partial charge on any atom is 0.573 e. The Hall–Kier alpha value is -2.51. The van der Waals surface area contributed by atoms with Crippen LogP contribution in [0.3, 0.4) is 0 Å². The van der Waals surface area contributed by atoms with Gasteiger partial charge in [0.2, 0.25) is 0 Å². The molecule has 1 N–H and O–H groups in total. The fourth-order valence-electron chi connectivity index (χ4n) is 1.64. The molecule has 8 heteroatoms. The van der Waals surface area contributed by atoms with Gasteiger partial charge in [0.1, 0.15) is 5.75 Å². The third-order valence-corrected chi connectivity index (χ3v) is 2.49. The van der Waals surface area contributed by atoms with E-state index in [9.17, 15) is 22.8 Å². The number of esters is 1. The van der Waals surface area contributed by atoms with Crippen LogP contribution in [0.5, 0.6) is 5.75 Å². The van der Waals surface area contributed by atoms with Gasteiger partial charge in [-0.2, -0.15) is 0 Å². The number of hydrogen-bond acceptors (Lipinski definition) is 4. The first-order chi connectivity index (χ1) is 10.2. The van der Waals surface area contributed by atoms with Gasteiger partial charge in [-0.25, -0.2) is 4.79 Å². The first-order valence-electron chi connectivity index (χ1n) is 6.07. The maximum atomic E-state index is 12.3. The van der Waals surface area contributed by atoms with Crippen molar-refractivity contribution in [1.29, 1.82) is 0 Å². The number of halogens is 3. The number of methoxy groups -OCH3 is 1. The summed E-state index contributed by atoms with van der Waals surface area (Å²) in [5.74, 6) is -2.23. The van der Waals surface area contributed by atoms with E-state index in [1.165, 1.54) is 13.2 Å². The lowest BCUT2D eigenvalue weighted by Gasteiger charge is -2.11. The molecule has 0 bridgehead atoms. The average Bonchev–Trinajstić information content (AvgIpc) is 2.40. The normalized spacial score (nSPS) is 11.5. The molecule has 1 aromatic carbocycles. The van der Waals surface area contributed by atoms with Crippen LogP contribution in [-0.4, -0.2) is 30.5 Å². The Bertz CT molecular complexity index is 578. The second kappa shape index (κ2) is 7.48. The van der Waals surface area contributed by atoms with Crippen LogP contribution >= 0.6 is 0 Å². The predicted octanol–water partition coefficient (Wildman–Crippen LogP) is 2.79. The fraction of sp³-hybridized carbons (Fsp3) is 0.286. The molecule has 0 aliphatic carbocycles. The van der Waals surface area contributed by atoms with E-state index < -0.39 is 24.1 Å². The lowest BCUT2D eigenvalue weighted by Crippen LogP contribution is -2.17. The minimum absolute atomic E-state index is 0.0198. The van der Waals surface area contributed by atoms with Crippen molar-refractivity contribution in [3.8, 4) is 5.75 Å². The molecule has 0 saturated heterocycles. The van der Waals surface area contributed by atoms with E-state index in [0.717, 1.165) is 24.3 Å². The Morgan fingerprint density at radius 1 is 1.27 bits per heavy atom. The third kappa shape index (κ3) is 6.78. The molecule has 0 atom stereocenters. The standard InChI is InChI=1S/C14H13F3O5/c1-21-13(20)5-3-10-6-9(2-4-12(18)19)7-11(8-10)22-14(15,16)17/h2,4,6-8H,3,5H2,1H3,(H,18,19)/b4-2+. The topological polar surface area (TPSA) is 72.8 Å². The first-order valence-corrected chi connectivity index (χ1v) is 6.07. The molecule has 0 aromatic heterocycles. The third-order valence-electron chi connectivity index (χ3n) is 2.49. The van der Waals surface area contributed by atoms with Crippen LogP contribution in [0.2, 0.25) is 0 Å². The highest BCUT2D eigenvalue weighted by Crippen LogP contribution is 2.26. The molecule has 22 heavy (non-hydrogen) atoms. The van der Waals surface area contributed by atoms with Crippen molar-refractivity contribution >= 4 is 18.0 Å². The van der Waals surface area contributed by atoms with Gasteiger partial charge in [-0.15, -0.1) is 13.2 Å². The number of hydrogen-bond donors (Lipinski definition) is 1. The number of carbonyl (C=O) groups excluding carboxylic acids is 1. The Morgan fingerprint density at radius 2 is 1.95 bits per heavy atom. The van der Waals surface area contributed by atoms with E-state index >= 15 is 0 Å². The molecule has 0 spiro atoms. The Morgan fingerprint density at radius 3 is 2.50 bits per heavy atom. The van der Waals surface area contributed by atoms with E-state index in [4.69, 9.17) is 5.11 Å². The van der Waals surface area contributed by atoms with Crippen molar-refractivity contribution in [2.75, 3.05) is 7.11 Å². The molecule has 5 nitrogen and oxygen atoms in total. The zero-order chi connectivity index (χ0) is 16.8. The predicted molar refractivity (Wildman–Crippen MR) is 70.1 cm³/mol. The summed E-state index contributed by atoms with van der Waals surface area (Å²) in [5.41, 5.74) is 0.598. The number of rotatable bonds is 6. The molecule has 0 fully saturated rings. The van der Waals surface area contributed by atoms with E-state index in [2.05, 4.69) is 9.47 Å². The van der Waals surface area contributed by atoms with Crippen molar-refractivity contribution in [2.24, 2.45) is 0 Å². The molecule has 0 aliphatic heterocycles. The molecule has 0 heterocycles. The molecule has 120 valence electrons. The van der Waals surface area contributed by atoms with Gasteiger partial charge in [0.15, 0.2) is 0 Å². The van der Waals surface area contributed by atoms with E-state index in [1.54, 1.807) is 0 Å². The fourth-order valence-corrected chi connectivity index (χ4v) is 1.64. The van der Waals surface area contributed by atoms with Crippen LogP contribution in [0.15, 0.2) is 24.3 Å². The van der Waals surface area contributed by atoms with Crippen LogP contribution < -0.4 is 4.74 Å². The first kappa shape index (κ1) is 17.5. The summed E-state index contributed by atoms with van der Waals surface area (Å²) in [5, 5.41) is 8.55. The molecular formula is C14H13F3O5. The lowest BCUT2D eigenvalue weighted by atomic mass is 10.1. The molecular weight excluding hydrogens is 305 g/mol. The number of benzene rings is 1. The van der Waals surface area contributed by atoms with Gasteiger partial charge in [-0.3, -0.25) is 4.79 Å². The average molecular weight is 318 g/mol. The van der Waals surface area contributed by atoms with Gasteiger partial charge in [0.05, 0.1) is 7.11 Å². The maximum absolute atomic E-state index is 12.3. The van der Waals surface area contributed by atoms with Crippen LogP contribution in [0.4, 0.5) is 13.2 Å². The number of alkyl halides is 3. The summed E-state index contributed by atoms with van der Waals surface area (Å²) >= 11 is 0. The summed E-state index contributed by atoms with van der Waals surface area (Å²) in [6, 6.07) is 3.65. The number of carbonyl (C=O) groups is 2. The highest BCUT2D eigenvalue weighted by Gasteiger charge is 2.31. The molecule has 0 saturated carbocycles. The number of carboxylic acid groups (broad SMARTS) is 1. The van der Waals surface area contributed by atoms with Crippen molar-refractivity contribution < 1.29 is 37.3 Å². The van der Waals surface area contributed by atoms with Crippen LogP contribution in [-0.2, 0) is 20.7 Å². The zero-order valence-electron chi connectivity index (χ0n) is 11.5. The van der Waals surface area contributed by atoms with E-state index in [-0.39, 0.29) is 18.4 Å². The van der Waals surface area contributed by atoms with Crippen molar-refractivity contribution in [2.45, 2.75) is 19.2 Å². The smallest absolute Gasteiger partial charge is 0.478 e. The highest BCUT2D eigenvalue weighted by atomic mass is 19.4. The van der Waals surface area contributed by atoms with Gasteiger partial charge in [0, 0.05) is 12.5 Å². The minimum Gasteiger partial charge on any atom is -0.478 e. The number of ether oxygens (including phenoxy) is 2. The van der Waals surface area contributed by atoms with E-state index in [0.29, 0.717) is 5.56 Å². The van der Waals surface area contributed by atoms with Gasteiger partial charge in [-0.1, -0.05) is 6.07 Å². The SMILES string of the molecule is COC(=O)CCc1cc(/C=C/C(=O)O)cc(OC(F)(F)F)c1. The largest absolute Gasteiger partial charge is 0.573 e. The van der Waals surface area contributed by atoms with Crippen LogP contribution in [0.1, 0.15) is 17.5 Å². The highest BCUT2D eigenvalue weighted by molar-refractivity contribution is 5.85. The quantitative estimate of drug-likeness (QED) is 0.645. The summed E-state index contributed by atoms with van der Waals surface area (Å²) in [6.45, 7) is 0. The van der Waals surface area contributed by atoms with Crippen molar-refractivity contribution in [3.63, 3.8) is 0 Å². The van der Waals surface area contributed by atoms with Crippen molar-refractivity contribution in [3.05, 3.63) is 35.4 Å². The summed E-state index contributed by atoms with van der Waals surface area (Å²) in [7, 11) is 1.20. The van der Waals surface area contributed by atoms with E-state index in [1.807, 2.05) is 0 Å². The number of aryl methyl sites for hydroxylation is 1. The number of aliphatic carboxylic acids is 1. The van der Waals surface area contributed by atoms with Gasteiger partial charge in [0.25, 0.3) is 0 Å². The second-order valence-corrected chi connectivity index (χ2v) is 4.21. The molecule has 0 unspecified atom stereocenters. The van der Waals surface area contributed by atoms with Crippen LogP contribution in [0, 0.1) is 0 Å². The Kier molecular flexibility index (Phi) is 5.97. The number of carboxylic acids is 1. The lowest BCUT2D eigenvalue weighted by molar-refractivity contribution is -0.274. The Balaban J connectivity index is 3.03. The van der Waals surface area contributed by atoms with Gasteiger partial charge < -0.3 is 14.6 Å². The summed E-state index contributed by atoms with van der Waals surface area (Å²) in [4.78, 5) is 21.5. The molecule has 1 aromatic rings. The van der Waals surface area contributed by atoms with Crippen molar-refractivity contribution in [1.82, 2.24) is 0 Å². The minimum atomic E-state index is -4.87. The summed E-state index contributed by atoms with van der Waals surface area (Å²) in [6.07, 6.45) is -2.83. The molecule has 0 amide bonds. The summed E-state index contributed by atoms with van der Waals surface area (Å²) < 4.78 is 45.1. The second-order valence-electron chi connectivity index (χ2n) is 4.21. The Labute approximate surface area is 124 Å². The van der Waals surface area contributed by atoms with Gasteiger partial charge >= 0.3 is 18.3 Å². The molecule has 0 aliphatic rings. The zero-order valence-corrected chi connectivity index (χ0v) is 11.5. The molecule has 0 radical (unpaired) electrons. The van der Waals surface area contributed by atoms with Crippen LogP contribution in [0.25, 0.3) is 6.08 Å². The monoisotopic (exact) mass is 318 g/mol.